The fraction of sp³-hybridized carbons (Fsp3) is 0.364. The van der Waals surface area contributed by atoms with Gasteiger partial charge in [-0.15, -0.1) is 11.6 Å². The highest BCUT2D eigenvalue weighted by atomic mass is 79.9. The van der Waals surface area contributed by atoms with Crippen LogP contribution in [0.1, 0.15) is 11.1 Å². The van der Waals surface area contributed by atoms with Crippen LogP contribution in [0.5, 0.6) is 0 Å². The number of alkyl halides is 1. The lowest BCUT2D eigenvalue weighted by molar-refractivity contribution is -0.140. The van der Waals surface area contributed by atoms with Gasteiger partial charge in [-0.2, -0.15) is 0 Å². The Hall–Kier alpha value is -0.610. The first-order chi connectivity index (χ1) is 7.45. The molecule has 0 aliphatic heterocycles. The van der Waals surface area contributed by atoms with E-state index in [-0.39, 0.29) is 5.82 Å². The van der Waals surface area contributed by atoms with Crippen LogP contribution in [0, 0.1) is 12.7 Å². The van der Waals surface area contributed by atoms with Crippen LogP contribution in [-0.2, 0) is 16.0 Å². The molecule has 0 fully saturated rings. The highest BCUT2D eigenvalue weighted by molar-refractivity contribution is 9.10. The summed E-state index contributed by atoms with van der Waals surface area (Å²) >= 11 is 8.94. The van der Waals surface area contributed by atoms with E-state index in [0.717, 1.165) is 11.1 Å². The second kappa shape index (κ2) is 5.64. The molecule has 0 aromatic heterocycles. The van der Waals surface area contributed by atoms with Crippen molar-refractivity contribution in [3.8, 4) is 0 Å². The van der Waals surface area contributed by atoms with E-state index in [1.54, 1.807) is 13.0 Å². The number of rotatable bonds is 3. The molecule has 0 saturated carbocycles. The normalized spacial score (nSPS) is 12.3. The predicted molar refractivity (Wildman–Crippen MR) is 64.2 cm³/mol. The Morgan fingerprint density at radius 3 is 2.81 bits per heavy atom. The molecule has 0 radical (unpaired) electrons. The molecule has 1 aromatic carbocycles. The summed E-state index contributed by atoms with van der Waals surface area (Å²) < 4.78 is 18.0. The minimum Gasteiger partial charge on any atom is -0.468 e. The van der Waals surface area contributed by atoms with E-state index in [4.69, 9.17) is 11.6 Å². The standard InChI is InChI=1S/C11H11BrClFO2/c1-6-3-10(14)8(12)4-7(6)5-9(13)11(15)16-2/h3-4,9H,5H2,1-2H3. The molecule has 16 heavy (non-hydrogen) atoms. The van der Waals surface area contributed by atoms with Crippen LogP contribution in [0.2, 0.25) is 0 Å². The molecule has 0 spiro atoms. The maximum atomic E-state index is 13.2. The Kier molecular flexibility index (Phi) is 4.74. The molecule has 0 bridgehead atoms. The van der Waals surface area contributed by atoms with Crippen molar-refractivity contribution in [3.05, 3.63) is 33.5 Å². The van der Waals surface area contributed by atoms with Crippen molar-refractivity contribution in [1.29, 1.82) is 0 Å². The maximum Gasteiger partial charge on any atom is 0.324 e. The summed E-state index contributed by atoms with van der Waals surface area (Å²) in [5.74, 6) is -0.813. The molecule has 0 N–H and O–H groups in total. The lowest BCUT2D eigenvalue weighted by Gasteiger charge is -2.10. The second-order valence-corrected chi connectivity index (χ2v) is 4.77. The van der Waals surface area contributed by atoms with Crippen LogP contribution in [0.4, 0.5) is 4.39 Å². The van der Waals surface area contributed by atoms with Crippen LogP contribution in [0.3, 0.4) is 0 Å². The number of halogens is 3. The Morgan fingerprint density at radius 1 is 1.62 bits per heavy atom. The molecule has 1 rings (SSSR count). The van der Waals surface area contributed by atoms with Gasteiger partial charge in [-0.1, -0.05) is 0 Å². The van der Waals surface area contributed by atoms with Crippen molar-refractivity contribution in [2.75, 3.05) is 7.11 Å². The third-order valence-corrected chi connectivity index (χ3v) is 3.18. The van der Waals surface area contributed by atoms with Gasteiger partial charge in [0.05, 0.1) is 11.6 Å². The molecular formula is C11H11BrClFO2. The van der Waals surface area contributed by atoms with E-state index in [2.05, 4.69) is 20.7 Å². The van der Waals surface area contributed by atoms with Crippen molar-refractivity contribution in [2.24, 2.45) is 0 Å². The summed E-state index contributed by atoms with van der Waals surface area (Å²) in [5.41, 5.74) is 1.58. The van der Waals surface area contributed by atoms with Crippen molar-refractivity contribution in [2.45, 2.75) is 18.7 Å². The number of hydrogen-bond acceptors (Lipinski definition) is 2. The Morgan fingerprint density at radius 2 is 2.25 bits per heavy atom. The van der Waals surface area contributed by atoms with Crippen molar-refractivity contribution < 1.29 is 13.9 Å². The number of esters is 1. The average Bonchev–Trinajstić information content (AvgIpc) is 2.24. The van der Waals surface area contributed by atoms with Crippen LogP contribution >= 0.6 is 27.5 Å². The van der Waals surface area contributed by atoms with Crippen LogP contribution in [0.15, 0.2) is 16.6 Å². The van der Waals surface area contributed by atoms with E-state index in [9.17, 15) is 9.18 Å². The number of benzene rings is 1. The van der Waals surface area contributed by atoms with E-state index < -0.39 is 11.3 Å². The summed E-state index contributed by atoms with van der Waals surface area (Å²) in [4.78, 5) is 11.1. The zero-order valence-electron chi connectivity index (χ0n) is 8.89. The fourth-order valence-electron chi connectivity index (χ4n) is 1.31. The average molecular weight is 310 g/mol. The summed E-state index contributed by atoms with van der Waals surface area (Å²) in [6.45, 7) is 1.77. The van der Waals surface area contributed by atoms with Crippen LogP contribution in [-0.4, -0.2) is 18.5 Å². The van der Waals surface area contributed by atoms with Gasteiger partial charge in [-0.3, -0.25) is 4.79 Å². The van der Waals surface area contributed by atoms with Gasteiger partial charge in [-0.25, -0.2) is 4.39 Å². The van der Waals surface area contributed by atoms with Gasteiger partial charge in [-0.05, 0) is 52.5 Å². The van der Waals surface area contributed by atoms with Gasteiger partial charge in [0, 0.05) is 0 Å². The van der Waals surface area contributed by atoms with Crippen molar-refractivity contribution >= 4 is 33.5 Å². The third-order valence-electron chi connectivity index (χ3n) is 2.23. The minimum atomic E-state index is -0.749. The molecule has 0 aliphatic rings. The monoisotopic (exact) mass is 308 g/mol. The zero-order valence-corrected chi connectivity index (χ0v) is 11.2. The van der Waals surface area contributed by atoms with Gasteiger partial charge < -0.3 is 4.74 Å². The first kappa shape index (κ1) is 13.5. The lowest BCUT2D eigenvalue weighted by Crippen LogP contribution is -2.19. The highest BCUT2D eigenvalue weighted by Gasteiger charge is 2.18. The van der Waals surface area contributed by atoms with E-state index >= 15 is 0 Å². The second-order valence-electron chi connectivity index (χ2n) is 3.39. The molecule has 1 atom stereocenters. The Labute approximate surface area is 107 Å². The Bertz CT molecular complexity index is 409. The number of aryl methyl sites for hydroxylation is 1. The topological polar surface area (TPSA) is 26.3 Å². The first-order valence-corrected chi connectivity index (χ1v) is 5.85. The fourth-order valence-corrected chi connectivity index (χ4v) is 1.96. The third kappa shape index (κ3) is 3.19. The van der Waals surface area contributed by atoms with Gasteiger partial charge >= 0.3 is 5.97 Å². The van der Waals surface area contributed by atoms with Crippen LogP contribution < -0.4 is 0 Å². The summed E-state index contributed by atoms with van der Waals surface area (Å²) in [6, 6.07) is 3.03. The maximum absolute atomic E-state index is 13.2. The molecular weight excluding hydrogens is 298 g/mol. The minimum absolute atomic E-state index is 0.318. The quantitative estimate of drug-likeness (QED) is 0.633. The zero-order chi connectivity index (χ0) is 12.3. The molecule has 0 heterocycles. The molecule has 0 amide bonds. The van der Waals surface area contributed by atoms with Crippen LogP contribution in [0.25, 0.3) is 0 Å². The van der Waals surface area contributed by atoms with Gasteiger partial charge in [0.2, 0.25) is 0 Å². The van der Waals surface area contributed by atoms with Crippen molar-refractivity contribution in [1.82, 2.24) is 0 Å². The van der Waals surface area contributed by atoms with Gasteiger partial charge in [0.1, 0.15) is 11.2 Å². The number of carbonyl (C=O) groups is 1. The summed E-state index contributed by atoms with van der Waals surface area (Å²) in [6.07, 6.45) is 0.318. The van der Waals surface area contributed by atoms with Gasteiger partial charge in [0.15, 0.2) is 0 Å². The van der Waals surface area contributed by atoms with E-state index in [0.29, 0.717) is 10.9 Å². The van der Waals surface area contributed by atoms with Gasteiger partial charge in [0.25, 0.3) is 0 Å². The summed E-state index contributed by atoms with van der Waals surface area (Å²) in [5, 5.41) is -0.749. The van der Waals surface area contributed by atoms with Crippen molar-refractivity contribution in [3.63, 3.8) is 0 Å². The molecule has 0 saturated heterocycles. The largest absolute Gasteiger partial charge is 0.468 e. The number of ether oxygens (including phenoxy) is 1. The number of carbonyl (C=O) groups excluding carboxylic acids is 1. The van der Waals surface area contributed by atoms with E-state index in [1.807, 2.05) is 0 Å². The Balaban J connectivity index is 2.89. The molecule has 0 aliphatic carbocycles. The smallest absolute Gasteiger partial charge is 0.324 e. The highest BCUT2D eigenvalue weighted by Crippen LogP contribution is 2.22. The van der Waals surface area contributed by atoms with E-state index in [1.165, 1.54) is 13.2 Å². The SMILES string of the molecule is COC(=O)C(Cl)Cc1cc(Br)c(F)cc1C. The number of methoxy groups -OCH3 is 1. The predicted octanol–water partition coefficient (Wildman–Crippen LogP) is 3.22. The molecule has 1 aromatic rings. The molecule has 1 unspecified atom stereocenters. The lowest BCUT2D eigenvalue weighted by atomic mass is 10.0. The molecule has 5 heteroatoms. The summed E-state index contributed by atoms with van der Waals surface area (Å²) in [7, 11) is 1.28. The molecule has 2 nitrogen and oxygen atoms in total. The first-order valence-electron chi connectivity index (χ1n) is 4.62. The number of hydrogen-bond donors (Lipinski definition) is 0. The molecule has 88 valence electrons.